The Kier molecular flexibility index (Phi) is 7.18. The monoisotopic (exact) mass is 470 g/mol. The molecule has 0 radical (unpaired) electrons. The largest absolute Gasteiger partial charge is 0.356 e. The average Bonchev–Trinajstić information content (AvgIpc) is 3.15. The maximum Gasteiger partial charge on any atom is 0.191 e. The number of hydrogen-bond acceptors (Lipinski definition) is 4. The van der Waals surface area contributed by atoms with Crippen LogP contribution in [0.4, 0.5) is 0 Å². The van der Waals surface area contributed by atoms with Gasteiger partial charge in [0.15, 0.2) is 5.96 Å². The predicted molar refractivity (Wildman–Crippen MR) is 115 cm³/mol. The molecule has 0 aliphatic heterocycles. The van der Waals surface area contributed by atoms with Gasteiger partial charge in [0.1, 0.15) is 5.82 Å². The molecule has 0 spiro atoms. The lowest BCUT2D eigenvalue weighted by Gasteiger charge is -2.11. The molecule has 3 rings (SSSR count). The molecule has 0 atom stereocenters. The van der Waals surface area contributed by atoms with Crippen molar-refractivity contribution in [2.45, 2.75) is 19.9 Å². The van der Waals surface area contributed by atoms with Crippen LogP contribution in [-0.2, 0) is 20.0 Å². The molecule has 0 saturated carbocycles. The molecule has 0 fully saturated rings. The summed E-state index contributed by atoms with van der Waals surface area (Å²) in [6, 6.07) is 8.14. The van der Waals surface area contributed by atoms with E-state index in [4.69, 9.17) is 0 Å². The molecule has 134 valence electrons. The first-order valence-corrected chi connectivity index (χ1v) is 8.81. The van der Waals surface area contributed by atoms with Gasteiger partial charge in [-0.2, -0.15) is 0 Å². The first-order valence-electron chi connectivity index (χ1n) is 7.93. The van der Waals surface area contributed by atoms with Crippen LogP contribution in [0.15, 0.2) is 34.6 Å². The number of thiazole rings is 1. The lowest BCUT2D eigenvalue weighted by molar-refractivity contribution is 0.732. The van der Waals surface area contributed by atoms with E-state index in [1.807, 2.05) is 32.2 Å². The van der Waals surface area contributed by atoms with E-state index in [1.165, 1.54) is 0 Å². The van der Waals surface area contributed by atoms with Gasteiger partial charge in [0, 0.05) is 32.4 Å². The zero-order chi connectivity index (χ0) is 16.9. The lowest BCUT2D eigenvalue weighted by atomic mass is 10.3. The fourth-order valence-corrected chi connectivity index (χ4v) is 3.22. The summed E-state index contributed by atoms with van der Waals surface area (Å²) in [5.41, 5.74) is 3.27. The van der Waals surface area contributed by atoms with E-state index in [2.05, 4.69) is 41.6 Å². The number of guanidine groups is 1. The van der Waals surface area contributed by atoms with E-state index >= 15 is 0 Å². The average molecular weight is 470 g/mol. The number of nitrogens with zero attached hydrogens (tertiary/aromatic N) is 4. The van der Waals surface area contributed by atoms with Gasteiger partial charge >= 0.3 is 0 Å². The van der Waals surface area contributed by atoms with Crippen molar-refractivity contribution < 1.29 is 0 Å². The van der Waals surface area contributed by atoms with Crippen LogP contribution in [0.3, 0.4) is 0 Å². The highest BCUT2D eigenvalue weighted by Gasteiger charge is 2.07. The number of fused-ring (bicyclic) bond motifs is 1. The van der Waals surface area contributed by atoms with E-state index in [0.717, 1.165) is 46.5 Å². The zero-order valence-electron chi connectivity index (χ0n) is 14.6. The molecule has 0 aliphatic carbocycles. The molecular formula is C17H23IN6S. The van der Waals surface area contributed by atoms with Gasteiger partial charge in [-0.3, -0.25) is 4.99 Å². The number of aromatic nitrogens is 3. The quantitative estimate of drug-likeness (QED) is 0.342. The number of aryl methyl sites for hydroxylation is 2. The Labute approximate surface area is 168 Å². The van der Waals surface area contributed by atoms with Crippen LogP contribution in [0.5, 0.6) is 0 Å². The van der Waals surface area contributed by atoms with Gasteiger partial charge in [-0.1, -0.05) is 12.1 Å². The molecule has 0 unspecified atom stereocenters. The highest BCUT2D eigenvalue weighted by atomic mass is 127. The van der Waals surface area contributed by atoms with Crippen molar-refractivity contribution in [2.24, 2.45) is 12.0 Å². The molecule has 0 saturated heterocycles. The fourth-order valence-electron chi connectivity index (χ4n) is 2.57. The van der Waals surface area contributed by atoms with E-state index in [1.54, 1.807) is 18.4 Å². The van der Waals surface area contributed by atoms with Gasteiger partial charge in [0.25, 0.3) is 0 Å². The summed E-state index contributed by atoms with van der Waals surface area (Å²) in [6.45, 7) is 3.45. The van der Waals surface area contributed by atoms with Crippen molar-refractivity contribution in [1.82, 2.24) is 25.2 Å². The number of benzene rings is 1. The molecule has 3 aromatic rings. The summed E-state index contributed by atoms with van der Waals surface area (Å²) in [6.07, 6.45) is 0.886. The first kappa shape index (κ1) is 19.6. The van der Waals surface area contributed by atoms with Crippen molar-refractivity contribution in [1.29, 1.82) is 0 Å². The Balaban J connectivity index is 0.00000225. The van der Waals surface area contributed by atoms with E-state index in [0.29, 0.717) is 6.54 Å². The Morgan fingerprint density at radius 1 is 1.24 bits per heavy atom. The molecule has 0 amide bonds. The minimum Gasteiger partial charge on any atom is -0.356 e. The van der Waals surface area contributed by atoms with Crippen LogP contribution in [0.2, 0.25) is 0 Å². The Morgan fingerprint density at radius 2 is 2.04 bits per heavy atom. The van der Waals surface area contributed by atoms with Crippen molar-refractivity contribution >= 4 is 52.3 Å². The highest BCUT2D eigenvalue weighted by Crippen LogP contribution is 2.13. The molecule has 0 aliphatic rings. The Hall–Kier alpha value is -1.68. The molecule has 25 heavy (non-hydrogen) atoms. The molecular weight excluding hydrogens is 447 g/mol. The van der Waals surface area contributed by atoms with E-state index < -0.39 is 0 Å². The van der Waals surface area contributed by atoms with Gasteiger partial charge in [0.05, 0.1) is 28.3 Å². The summed E-state index contributed by atoms with van der Waals surface area (Å²) in [7, 11) is 3.81. The van der Waals surface area contributed by atoms with Crippen molar-refractivity contribution in [2.75, 3.05) is 13.6 Å². The summed E-state index contributed by atoms with van der Waals surface area (Å²) in [5, 5.41) is 9.84. The molecule has 2 aromatic heterocycles. The van der Waals surface area contributed by atoms with Crippen LogP contribution in [0.1, 0.15) is 16.5 Å². The SMILES string of the molecule is CN=C(NCCc1csc(C)n1)NCc1nc2ccccc2n1C.I. The highest BCUT2D eigenvalue weighted by molar-refractivity contribution is 14.0. The summed E-state index contributed by atoms with van der Waals surface area (Å²) < 4.78 is 2.10. The van der Waals surface area contributed by atoms with Crippen molar-refractivity contribution in [3.63, 3.8) is 0 Å². The molecule has 2 heterocycles. The number of rotatable bonds is 5. The smallest absolute Gasteiger partial charge is 0.191 e. The third-order valence-electron chi connectivity index (χ3n) is 3.86. The maximum atomic E-state index is 4.66. The number of hydrogen-bond donors (Lipinski definition) is 2. The molecule has 2 N–H and O–H groups in total. The lowest BCUT2D eigenvalue weighted by Crippen LogP contribution is -2.38. The van der Waals surface area contributed by atoms with Gasteiger partial charge in [-0.05, 0) is 19.1 Å². The van der Waals surface area contributed by atoms with Crippen LogP contribution >= 0.6 is 35.3 Å². The van der Waals surface area contributed by atoms with E-state index in [-0.39, 0.29) is 24.0 Å². The fraction of sp³-hybridized carbons (Fsp3) is 0.353. The molecule has 1 aromatic carbocycles. The minimum absolute atomic E-state index is 0. The number of imidazole rings is 1. The van der Waals surface area contributed by atoms with Gasteiger partial charge in [-0.25, -0.2) is 9.97 Å². The zero-order valence-corrected chi connectivity index (χ0v) is 17.8. The minimum atomic E-state index is 0. The number of halogens is 1. The Bertz CT molecular complexity index is 854. The van der Waals surface area contributed by atoms with Gasteiger partial charge < -0.3 is 15.2 Å². The van der Waals surface area contributed by atoms with Crippen LogP contribution in [0.25, 0.3) is 11.0 Å². The van der Waals surface area contributed by atoms with Crippen LogP contribution in [0, 0.1) is 6.92 Å². The topological polar surface area (TPSA) is 67.1 Å². The third-order valence-corrected chi connectivity index (χ3v) is 4.68. The number of para-hydroxylation sites is 2. The van der Waals surface area contributed by atoms with Crippen molar-refractivity contribution in [3.8, 4) is 0 Å². The van der Waals surface area contributed by atoms with E-state index in [9.17, 15) is 0 Å². The standard InChI is InChI=1S/C17H22N6S.HI/c1-12-21-13(11-24-12)8-9-19-17(18-2)20-10-16-22-14-6-4-5-7-15(14)23(16)3;/h4-7,11H,8-10H2,1-3H3,(H2,18,19,20);1H. The molecule has 8 heteroatoms. The second kappa shape index (κ2) is 9.14. The normalized spacial score (nSPS) is 11.4. The summed E-state index contributed by atoms with van der Waals surface area (Å²) >= 11 is 1.68. The predicted octanol–water partition coefficient (Wildman–Crippen LogP) is 2.86. The summed E-state index contributed by atoms with van der Waals surface area (Å²) in [4.78, 5) is 13.4. The second-order valence-electron chi connectivity index (χ2n) is 5.54. The number of nitrogens with one attached hydrogen (secondary N) is 2. The Morgan fingerprint density at radius 3 is 2.72 bits per heavy atom. The summed E-state index contributed by atoms with van der Waals surface area (Å²) in [5.74, 6) is 1.75. The number of aliphatic imine (C=N–C) groups is 1. The van der Waals surface area contributed by atoms with Gasteiger partial charge in [0.2, 0.25) is 0 Å². The maximum absolute atomic E-state index is 4.66. The second-order valence-corrected chi connectivity index (χ2v) is 6.60. The third kappa shape index (κ3) is 4.91. The first-order chi connectivity index (χ1) is 11.7. The molecule has 0 bridgehead atoms. The van der Waals surface area contributed by atoms with Crippen molar-refractivity contribution in [3.05, 3.63) is 46.2 Å². The van der Waals surface area contributed by atoms with Crippen LogP contribution in [-0.4, -0.2) is 34.1 Å². The van der Waals surface area contributed by atoms with Gasteiger partial charge in [-0.15, -0.1) is 35.3 Å². The van der Waals surface area contributed by atoms with Crippen LogP contribution < -0.4 is 10.6 Å². The molecule has 6 nitrogen and oxygen atoms in total.